The van der Waals surface area contributed by atoms with Crippen LogP contribution < -0.4 is 0 Å². The number of likely N-dealkylation sites (N-methyl/N-ethyl adjacent to an activating group) is 1. The van der Waals surface area contributed by atoms with Crippen molar-refractivity contribution in [2.75, 3.05) is 20.1 Å². The molecule has 0 aromatic heterocycles. The average Bonchev–Trinajstić information content (AvgIpc) is 2.40. The van der Waals surface area contributed by atoms with E-state index >= 15 is 0 Å². The fraction of sp³-hybridized carbons (Fsp3) is 0.833. The second-order valence-corrected chi connectivity index (χ2v) is 5.73. The largest absolute Gasteiger partial charge is 0.475 e. The lowest BCUT2D eigenvalue weighted by Crippen LogP contribution is -2.49. The summed E-state index contributed by atoms with van der Waals surface area (Å²) in [5.41, 5.74) is 0.238. The molecule has 2 saturated heterocycles. The number of ether oxygens (including phenoxy) is 1. The van der Waals surface area contributed by atoms with E-state index in [0.29, 0.717) is 12.1 Å². The lowest BCUT2D eigenvalue weighted by Gasteiger charge is -2.39. The fourth-order valence-corrected chi connectivity index (χ4v) is 2.65. The van der Waals surface area contributed by atoms with Crippen LogP contribution in [-0.4, -0.2) is 47.6 Å². The van der Waals surface area contributed by atoms with Crippen molar-refractivity contribution in [3.05, 3.63) is 12.5 Å². The molecule has 2 aliphatic rings. The lowest BCUT2D eigenvalue weighted by atomic mass is 10.0. The molecule has 3 nitrogen and oxygen atoms in total. The maximum atomic E-state index is 5.83. The number of hydrogen-bond donors (Lipinski definition) is 0. The molecule has 2 rings (SSSR count). The molecular formula is C12H22N2O. The Hall–Kier alpha value is -0.700. The van der Waals surface area contributed by atoms with Crippen LogP contribution in [0.25, 0.3) is 0 Å². The van der Waals surface area contributed by atoms with Crippen LogP contribution in [0.15, 0.2) is 12.5 Å². The molecule has 2 unspecified atom stereocenters. The second-order valence-electron chi connectivity index (χ2n) is 5.73. The minimum Gasteiger partial charge on any atom is -0.475 e. The minimum atomic E-state index is 0.238. The number of rotatable bonds is 0. The predicted molar refractivity (Wildman–Crippen MR) is 61.5 cm³/mol. The van der Waals surface area contributed by atoms with Gasteiger partial charge >= 0.3 is 0 Å². The van der Waals surface area contributed by atoms with Crippen LogP contribution in [0.2, 0.25) is 0 Å². The summed E-state index contributed by atoms with van der Waals surface area (Å²) in [6, 6.07) is 0.610. The summed E-state index contributed by atoms with van der Waals surface area (Å²) in [5, 5.41) is 0. The predicted octanol–water partition coefficient (Wildman–Crippen LogP) is 1.66. The molecule has 86 valence electrons. The summed E-state index contributed by atoms with van der Waals surface area (Å²) >= 11 is 0. The fourth-order valence-electron chi connectivity index (χ4n) is 2.65. The molecule has 0 spiro atoms. The van der Waals surface area contributed by atoms with Gasteiger partial charge in [0.05, 0.1) is 0 Å². The van der Waals surface area contributed by atoms with Gasteiger partial charge < -0.3 is 9.64 Å². The molecule has 3 heteroatoms. The van der Waals surface area contributed by atoms with E-state index < -0.39 is 0 Å². The zero-order valence-corrected chi connectivity index (χ0v) is 10.3. The van der Waals surface area contributed by atoms with Gasteiger partial charge in [-0.15, -0.1) is 0 Å². The standard InChI is InChI=1S/C12H22N2O/c1-9-13(5)7-10-6-11(15-9)8-14(10)12(2,3)4/h10-11H,1,6-8H2,2-5H3. The summed E-state index contributed by atoms with van der Waals surface area (Å²) in [6.45, 7) is 12.9. The Kier molecular flexibility index (Phi) is 2.45. The van der Waals surface area contributed by atoms with E-state index in [1.165, 1.54) is 0 Å². The van der Waals surface area contributed by atoms with E-state index in [1.807, 2.05) is 0 Å². The summed E-state index contributed by atoms with van der Waals surface area (Å²) in [4.78, 5) is 4.68. The first-order valence-electron chi connectivity index (χ1n) is 5.71. The molecule has 2 bridgehead atoms. The highest BCUT2D eigenvalue weighted by Crippen LogP contribution is 2.32. The van der Waals surface area contributed by atoms with Crippen molar-refractivity contribution in [1.29, 1.82) is 0 Å². The Labute approximate surface area is 92.7 Å². The van der Waals surface area contributed by atoms with Gasteiger partial charge in [-0.3, -0.25) is 4.90 Å². The Bertz CT molecular complexity index is 269. The molecule has 0 saturated carbocycles. The van der Waals surface area contributed by atoms with E-state index in [9.17, 15) is 0 Å². The van der Waals surface area contributed by atoms with Gasteiger partial charge in [-0.05, 0) is 27.4 Å². The van der Waals surface area contributed by atoms with Gasteiger partial charge in [0.2, 0.25) is 0 Å². The summed E-state index contributed by atoms with van der Waals surface area (Å²) in [5.74, 6) is 0.830. The molecule has 0 N–H and O–H groups in total. The second kappa shape index (κ2) is 3.41. The van der Waals surface area contributed by atoms with Gasteiger partial charge in [-0.2, -0.15) is 0 Å². The zero-order valence-electron chi connectivity index (χ0n) is 10.3. The monoisotopic (exact) mass is 210 g/mol. The average molecular weight is 210 g/mol. The van der Waals surface area contributed by atoms with Gasteiger partial charge in [-0.1, -0.05) is 0 Å². The Morgan fingerprint density at radius 1 is 1.33 bits per heavy atom. The SMILES string of the molecule is C=C1OC2CC(CN1C)N(C(C)(C)C)C2. The van der Waals surface area contributed by atoms with Crippen LogP contribution in [0.1, 0.15) is 27.2 Å². The summed E-state index contributed by atoms with van der Waals surface area (Å²) < 4.78 is 5.83. The first-order valence-corrected chi connectivity index (χ1v) is 5.71. The van der Waals surface area contributed by atoms with Crippen LogP contribution >= 0.6 is 0 Å². The molecule has 2 heterocycles. The maximum Gasteiger partial charge on any atom is 0.181 e. The summed E-state index contributed by atoms with van der Waals surface area (Å²) in [6.07, 6.45) is 1.48. The molecule has 2 atom stereocenters. The first kappa shape index (κ1) is 10.8. The molecule has 0 aliphatic carbocycles. The third kappa shape index (κ3) is 1.98. The highest BCUT2D eigenvalue weighted by molar-refractivity contribution is 5.00. The molecule has 0 aromatic rings. The van der Waals surface area contributed by atoms with Crippen molar-refractivity contribution in [3.8, 4) is 0 Å². The van der Waals surface area contributed by atoms with Crippen LogP contribution in [0.3, 0.4) is 0 Å². The van der Waals surface area contributed by atoms with Crippen molar-refractivity contribution in [3.63, 3.8) is 0 Å². The van der Waals surface area contributed by atoms with Gasteiger partial charge in [-0.25, -0.2) is 0 Å². The molecule has 2 fully saturated rings. The van der Waals surface area contributed by atoms with Crippen LogP contribution in [0.5, 0.6) is 0 Å². The smallest absolute Gasteiger partial charge is 0.181 e. The van der Waals surface area contributed by atoms with Gasteiger partial charge in [0.25, 0.3) is 0 Å². The van der Waals surface area contributed by atoms with E-state index in [0.717, 1.165) is 25.4 Å². The summed E-state index contributed by atoms with van der Waals surface area (Å²) in [7, 11) is 2.06. The van der Waals surface area contributed by atoms with E-state index in [1.54, 1.807) is 0 Å². The number of likely N-dealkylation sites (tertiary alicyclic amines) is 1. The normalized spacial score (nSPS) is 32.8. The topological polar surface area (TPSA) is 15.7 Å². The van der Waals surface area contributed by atoms with Crippen molar-refractivity contribution in [2.45, 2.75) is 44.9 Å². The van der Waals surface area contributed by atoms with Gasteiger partial charge in [0, 0.05) is 38.1 Å². The number of hydrogen-bond acceptors (Lipinski definition) is 3. The van der Waals surface area contributed by atoms with Crippen molar-refractivity contribution in [1.82, 2.24) is 9.80 Å². The quantitative estimate of drug-likeness (QED) is 0.605. The Morgan fingerprint density at radius 2 is 2.00 bits per heavy atom. The molecule has 15 heavy (non-hydrogen) atoms. The number of nitrogens with zero attached hydrogens (tertiary/aromatic N) is 2. The highest BCUT2D eigenvalue weighted by Gasteiger charge is 2.41. The maximum absolute atomic E-state index is 5.83. The van der Waals surface area contributed by atoms with Gasteiger partial charge in [0.15, 0.2) is 5.88 Å². The third-order valence-corrected chi connectivity index (χ3v) is 3.45. The molecule has 0 amide bonds. The minimum absolute atomic E-state index is 0.238. The zero-order chi connectivity index (χ0) is 11.2. The first-order chi connectivity index (χ1) is 6.88. The van der Waals surface area contributed by atoms with E-state index in [2.05, 4.69) is 44.2 Å². The molecular weight excluding hydrogens is 188 g/mol. The molecule has 0 radical (unpaired) electrons. The van der Waals surface area contributed by atoms with Crippen molar-refractivity contribution in [2.24, 2.45) is 0 Å². The lowest BCUT2D eigenvalue weighted by molar-refractivity contribution is 0.0298. The van der Waals surface area contributed by atoms with Crippen LogP contribution in [0.4, 0.5) is 0 Å². The van der Waals surface area contributed by atoms with Crippen LogP contribution in [-0.2, 0) is 4.74 Å². The Morgan fingerprint density at radius 3 is 2.60 bits per heavy atom. The van der Waals surface area contributed by atoms with Gasteiger partial charge in [0.1, 0.15) is 6.10 Å². The third-order valence-electron chi connectivity index (χ3n) is 3.45. The van der Waals surface area contributed by atoms with E-state index in [4.69, 9.17) is 4.74 Å². The highest BCUT2D eigenvalue weighted by atomic mass is 16.5. The van der Waals surface area contributed by atoms with Crippen molar-refractivity contribution >= 4 is 0 Å². The molecule has 0 aromatic carbocycles. The Balaban J connectivity index is 2.15. The van der Waals surface area contributed by atoms with E-state index in [-0.39, 0.29) is 5.54 Å². The molecule has 2 aliphatic heterocycles. The van der Waals surface area contributed by atoms with Crippen LogP contribution in [0, 0.1) is 0 Å². The number of fused-ring (bicyclic) bond motifs is 2. The van der Waals surface area contributed by atoms with Crippen molar-refractivity contribution < 1.29 is 4.74 Å².